The molecule has 2 aromatic carbocycles. The Kier molecular flexibility index (Phi) is 6.53. The second-order valence-corrected chi connectivity index (χ2v) is 8.71. The number of nitrogens with zero attached hydrogens (tertiary/aromatic N) is 1. The second kappa shape index (κ2) is 9.51. The van der Waals surface area contributed by atoms with Crippen molar-refractivity contribution >= 4 is 17.7 Å². The van der Waals surface area contributed by atoms with Gasteiger partial charge in [-0.1, -0.05) is 29.8 Å². The molecular weight excluding hydrogens is 409 g/mol. The van der Waals surface area contributed by atoms with Crippen LogP contribution in [0, 0.1) is 18.7 Å². The lowest BCUT2D eigenvalue weighted by Gasteiger charge is -2.36. The Hall–Kier alpha value is -3.22. The van der Waals surface area contributed by atoms with Crippen LogP contribution in [0.25, 0.3) is 0 Å². The van der Waals surface area contributed by atoms with Crippen molar-refractivity contribution in [3.8, 4) is 0 Å². The van der Waals surface area contributed by atoms with Gasteiger partial charge in [0.25, 0.3) is 11.8 Å². The predicted molar refractivity (Wildman–Crippen MR) is 119 cm³/mol. The number of hydrogen-bond acceptors (Lipinski definition) is 3. The fourth-order valence-electron chi connectivity index (χ4n) is 4.09. The number of hydrogen-bond donors (Lipinski definition) is 2. The van der Waals surface area contributed by atoms with Gasteiger partial charge >= 0.3 is 0 Å². The first-order valence-electron chi connectivity index (χ1n) is 11.1. The first-order valence-corrected chi connectivity index (χ1v) is 11.1. The number of carbonyl (C=O) groups is 3. The highest BCUT2D eigenvalue weighted by Crippen LogP contribution is 2.25. The van der Waals surface area contributed by atoms with E-state index in [1.54, 1.807) is 29.2 Å². The molecule has 0 unspecified atom stereocenters. The highest BCUT2D eigenvalue weighted by Gasteiger charge is 2.36. The molecule has 0 aromatic heterocycles. The molecular formula is C25H28FN3O3. The van der Waals surface area contributed by atoms with Crippen LogP contribution in [-0.4, -0.2) is 47.8 Å². The summed E-state index contributed by atoms with van der Waals surface area (Å²) in [4.78, 5) is 40.1. The predicted octanol–water partition coefficient (Wildman–Crippen LogP) is 3.06. The number of aryl methyl sites for hydroxylation is 1. The number of carbonyl (C=O) groups excluding carboxylic acids is 3. The van der Waals surface area contributed by atoms with Crippen LogP contribution in [0.5, 0.6) is 0 Å². The molecule has 3 amide bonds. The third kappa shape index (κ3) is 5.15. The van der Waals surface area contributed by atoms with Crippen LogP contribution in [-0.2, 0) is 4.79 Å². The van der Waals surface area contributed by atoms with E-state index in [0.29, 0.717) is 31.5 Å². The Balaban J connectivity index is 1.43. The van der Waals surface area contributed by atoms with Crippen LogP contribution in [0.3, 0.4) is 0 Å². The van der Waals surface area contributed by atoms with Gasteiger partial charge < -0.3 is 15.5 Å². The summed E-state index contributed by atoms with van der Waals surface area (Å²) in [6, 6.07) is 12.7. The molecule has 168 valence electrons. The number of amides is 3. The van der Waals surface area contributed by atoms with Crippen LogP contribution in [0.4, 0.5) is 4.39 Å². The van der Waals surface area contributed by atoms with Crippen molar-refractivity contribution in [1.29, 1.82) is 0 Å². The highest BCUT2D eigenvalue weighted by atomic mass is 19.1. The van der Waals surface area contributed by atoms with Gasteiger partial charge in [-0.15, -0.1) is 0 Å². The fraction of sp³-hybridized carbons (Fsp3) is 0.400. The van der Waals surface area contributed by atoms with Crippen LogP contribution in [0.1, 0.15) is 52.0 Å². The maximum absolute atomic E-state index is 14.0. The lowest BCUT2D eigenvalue weighted by Crippen LogP contribution is -2.54. The fourth-order valence-corrected chi connectivity index (χ4v) is 4.09. The molecule has 1 aliphatic carbocycles. The summed E-state index contributed by atoms with van der Waals surface area (Å²) in [6.45, 7) is 2.76. The van der Waals surface area contributed by atoms with E-state index >= 15 is 0 Å². The first kappa shape index (κ1) is 22.0. The molecule has 0 radical (unpaired) electrons. The lowest BCUT2D eigenvalue weighted by molar-refractivity contribution is -0.124. The molecule has 1 saturated carbocycles. The van der Waals surface area contributed by atoms with Crippen molar-refractivity contribution < 1.29 is 18.8 Å². The van der Waals surface area contributed by atoms with Gasteiger partial charge in [0.05, 0.1) is 5.56 Å². The molecule has 4 rings (SSSR count). The first-order chi connectivity index (χ1) is 15.4. The molecule has 0 spiro atoms. The van der Waals surface area contributed by atoms with E-state index in [1.165, 1.54) is 12.1 Å². The van der Waals surface area contributed by atoms with Gasteiger partial charge in [-0.05, 0) is 62.8 Å². The average Bonchev–Trinajstić information content (AvgIpc) is 3.62. The van der Waals surface area contributed by atoms with E-state index in [0.717, 1.165) is 18.4 Å². The summed E-state index contributed by atoms with van der Waals surface area (Å²) in [7, 11) is 0. The third-order valence-electron chi connectivity index (χ3n) is 6.21. The van der Waals surface area contributed by atoms with E-state index in [9.17, 15) is 18.8 Å². The normalized spacial score (nSPS) is 17.5. The lowest BCUT2D eigenvalue weighted by atomic mass is 9.88. The SMILES string of the molecule is Cc1ccc(C(=O)N[C@@H](C(=O)NC2CC2)C2CCN(C(=O)c3ccccc3F)CC2)cc1. The standard InChI is InChI=1S/C25H28FN3O3/c1-16-6-8-18(9-7-16)23(30)28-22(24(31)27-19-10-11-19)17-12-14-29(15-13-17)25(32)20-4-2-3-5-21(20)26/h2-9,17,19,22H,10-15H2,1H3,(H,27,31)(H,28,30)/t22-/m1/s1. The Bertz CT molecular complexity index is 996. The van der Waals surface area contributed by atoms with Gasteiger partial charge in [0.1, 0.15) is 11.9 Å². The van der Waals surface area contributed by atoms with E-state index < -0.39 is 11.9 Å². The molecule has 2 fully saturated rings. The largest absolute Gasteiger partial charge is 0.352 e. The van der Waals surface area contributed by atoms with Crippen molar-refractivity contribution in [1.82, 2.24) is 15.5 Å². The monoisotopic (exact) mass is 437 g/mol. The Morgan fingerprint density at radius 2 is 1.62 bits per heavy atom. The summed E-state index contributed by atoms with van der Waals surface area (Å²) in [5, 5.41) is 5.93. The van der Waals surface area contributed by atoms with E-state index in [2.05, 4.69) is 10.6 Å². The zero-order valence-corrected chi connectivity index (χ0v) is 18.1. The number of nitrogens with one attached hydrogen (secondary N) is 2. The third-order valence-corrected chi connectivity index (χ3v) is 6.21. The van der Waals surface area contributed by atoms with Gasteiger partial charge in [0.2, 0.25) is 5.91 Å². The van der Waals surface area contributed by atoms with Gasteiger partial charge in [-0.3, -0.25) is 14.4 Å². The zero-order chi connectivity index (χ0) is 22.7. The van der Waals surface area contributed by atoms with Crippen molar-refractivity contribution in [2.45, 2.75) is 44.7 Å². The Morgan fingerprint density at radius 3 is 2.25 bits per heavy atom. The molecule has 7 heteroatoms. The van der Waals surface area contributed by atoms with Crippen LogP contribution < -0.4 is 10.6 Å². The minimum atomic E-state index is -0.671. The molecule has 1 aliphatic heterocycles. The van der Waals surface area contributed by atoms with Crippen LogP contribution in [0.15, 0.2) is 48.5 Å². The highest BCUT2D eigenvalue weighted by molar-refractivity contribution is 5.98. The van der Waals surface area contributed by atoms with Gasteiger partial charge in [-0.2, -0.15) is 0 Å². The van der Waals surface area contributed by atoms with Gasteiger partial charge in [0, 0.05) is 24.7 Å². The van der Waals surface area contributed by atoms with E-state index in [-0.39, 0.29) is 35.2 Å². The molecule has 6 nitrogen and oxygen atoms in total. The number of piperidine rings is 1. The Morgan fingerprint density at radius 1 is 0.969 bits per heavy atom. The van der Waals surface area contributed by atoms with Crippen molar-refractivity contribution in [2.75, 3.05) is 13.1 Å². The number of likely N-dealkylation sites (tertiary alicyclic amines) is 1. The quantitative estimate of drug-likeness (QED) is 0.729. The average molecular weight is 438 g/mol. The topological polar surface area (TPSA) is 78.5 Å². The summed E-state index contributed by atoms with van der Waals surface area (Å²) >= 11 is 0. The maximum atomic E-state index is 14.0. The number of rotatable bonds is 6. The molecule has 1 atom stereocenters. The summed E-state index contributed by atoms with van der Waals surface area (Å²) < 4.78 is 14.0. The minimum absolute atomic E-state index is 0.0571. The molecule has 2 aliphatic rings. The zero-order valence-electron chi connectivity index (χ0n) is 18.1. The van der Waals surface area contributed by atoms with Gasteiger partial charge in [0.15, 0.2) is 0 Å². The number of benzene rings is 2. The van der Waals surface area contributed by atoms with Crippen LogP contribution >= 0.6 is 0 Å². The maximum Gasteiger partial charge on any atom is 0.256 e. The number of halogens is 1. The molecule has 0 bridgehead atoms. The summed E-state index contributed by atoms with van der Waals surface area (Å²) in [5.74, 6) is -1.44. The van der Waals surface area contributed by atoms with Crippen molar-refractivity contribution in [3.05, 3.63) is 71.0 Å². The van der Waals surface area contributed by atoms with Crippen LogP contribution in [0.2, 0.25) is 0 Å². The van der Waals surface area contributed by atoms with E-state index in [1.807, 2.05) is 19.1 Å². The summed E-state index contributed by atoms with van der Waals surface area (Å²) in [6.07, 6.45) is 3.02. The minimum Gasteiger partial charge on any atom is -0.352 e. The summed E-state index contributed by atoms with van der Waals surface area (Å²) in [5.41, 5.74) is 1.62. The molecule has 1 saturated heterocycles. The second-order valence-electron chi connectivity index (χ2n) is 8.71. The molecule has 2 aromatic rings. The Labute approximate surface area is 187 Å². The van der Waals surface area contributed by atoms with Crippen molar-refractivity contribution in [2.24, 2.45) is 5.92 Å². The van der Waals surface area contributed by atoms with Gasteiger partial charge in [-0.25, -0.2) is 4.39 Å². The molecule has 2 N–H and O–H groups in total. The molecule has 1 heterocycles. The smallest absolute Gasteiger partial charge is 0.256 e. The van der Waals surface area contributed by atoms with Crippen molar-refractivity contribution in [3.63, 3.8) is 0 Å². The van der Waals surface area contributed by atoms with E-state index in [4.69, 9.17) is 0 Å². The molecule has 32 heavy (non-hydrogen) atoms.